The lowest BCUT2D eigenvalue weighted by molar-refractivity contribution is -0.117. The molecule has 8 heteroatoms. The fraction of sp³-hybridized carbons (Fsp3) is 0.348. The second-order valence-corrected chi connectivity index (χ2v) is 9.20. The molecule has 3 aromatic rings. The number of fused-ring (bicyclic) bond motifs is 1. The summed E-state index contributed by atoms with van der Waals surface area (Å²) in [5.74, 6) is 0.712. The van der Waals surface area contributed by atoms with Gasteiger partial charge in [-0.15, -0.1) is 11.8 Å². The van der Waals surface area contributed by atoms with Crippen molar-refractivity contribution in [2.45, 2.75) is 38.6 Å². The van der Waals surface area contributed by atoms with Gasteiger partial charge in [-0.05, 0) is 48.6 Å². The molecular formula is C23H27N3O3S2. The van der Waals surface area contributed by atoms with E-state index in [1.807, 2.05) is 54.0 Å². The molecule has 1 heterocycles. The summed E-state index contributed by atoms with van der Waals surface area (Å²) in [6.07, 6.45) is 0.258. The van der Waals surface area contributed by atoms with E-state index in [4.69, 9.17) is 4.74 Å². The minimum absolute atomic E-state index is 0.122. The Morgan fingerprint density at radius 3 is 2.61 bits per heavy atom. The number of thiazole rings is 1. The predicted octanol–water partition coefficient (Wildman–Crippen LogP) is 4.48. The van der Waals surface area contributed by atoms with Gasteiger partial charge in [-0.2, -0.15) is 4.99 Å². The molecule has 0 saturated carbocycles. The maximum absolute atomic E-state index is 12.7. The summed E-state index contributed by atoms with van der Waals surface area (Å²) in [6.45, 7) is 7.32. The molecule has 0 aliphatic carbocycles. The molecule has 2 aromatic carbocycles. The van der Waals surface area contributed by atoms with Crippen molar-refractivity contribution in [2.24, 2.45) is 4.99 Å². The number of hydrogen-bond acceptors (Lipinski definition) is 5. The number of carbonyl (C=O) groups excluding carboxylic acids is 2. The standard InChI is InChI=1S/C23H27N3O3S2/c1-4-29-13-12-26-20-11-8-18(24-16(3)27)15-21(20)31-23(26)25-22(28)14-17-6-9-19(10-7-17)30-5-2/h6-11,15H,4-5,12-14H2,1-3H3,(H,24,27). The van der Waals surface area contributed by atoms with Crippen LogP contribution >= 0.6 is 23.1 Å². The van der Waals surface area contributed by atoms with Gasteiger partial charge in [0.25, 0.3) is 5.91 Å². The molecule has 164 valence electrons. The Hall–Kier alpha value is -2.42. The van der Waals surface area contributed by atoms with Gasteiger partial charge in [0.1, 0.15) is 0 Å². The van der Waals surface area contributed by atoms with Crippen LogP contribution in [0.15, 0.2) is 52.4 Å². The van der Waals surface area contributed by atoms with Gasteiger partial charge in [-0.3, -0.25) is 9.59 Å². The highest BCUT2D eigenvalue weighted by atomic mass is 32.2. The van der Waals surface area contributed by atoms with E-state index in [9.17, 15) is 9.59 Å². The molecule has 1 N–H and O–H groups in total. The Balaban J connectivity index is 1.89. The first-order chi connectivity index (χ1) is 15.0. The summed E-state index contributed by atoms with van der Waals surface area (Å²) in [7, 11) is 0. The van der Waals surface area contributed by atoms with Crippen molar-refractivity contribution in [3.05, 3.63) is 52.8 Å². The van der Waals surface area contributed by atoms with Gasteiger partial charge in [0.2, 0.25) is 5.91 Å². The minimum atomic E-state index is -0.185. The molecular weight excluding hydrogens is 430 g/mol. The Labute approximate surface area is 190 Å². The molecule has 1 aromatic heterocycles. The van der Waals surface area contributed by atoms with Crippen LogP contribution in [0.3, 0.4) is 0 Å². The van der Waals surface area contributed by atoms with Crippen molar-refractivity contribution in [3.63, 3.8) is 0 Å². The smallest absolute Gasteiger partial charge is 0.252 e. The molecule has 0 saturated heterocycles. The Morgan fingerprint density at radius 2 is 1.94 bits per heavy atom. The lowest BCUT2D eigenvalue weighted by Gasteiger charge is -2.06. The number of carbonyl (C=O) groups is 2. The zero-order chi connectivity index (χ0) is 22.2. The van der Waals surface area contributed by atoms with Crippen LogP contribution in [0, 0.1) is 0 Å². The summed E-state index contributed by atoms with van der Waals surface area (Å²) in [5.41, 5.74) is 2.64. The van der Waals surface area contributed by atoms with Gasteiger partial charge in [0.15, 0.2) is 4.80 Å². The molecule has 0 aliphatic heterocycles. The van der Waals surface area contributed by atoms with Crippen molar-refractivity contribution in [2.75, 3.05) is 24.3 Å². The average molecular weight is 458 g/mol. The van der Waals surface area contributed by atoms with Crippen LogP contribution in [0.1, 0.15) is 26.3 Å². The van der Waals surface area contributed by atoms with Crippen LogP contribution in [0.25, 0.3) is 10.2 Å². The summed E-state index contributed by atoms with van der Waals surface area (Å²) in [5, 5.41) is 2.80. The van der Waals surface area contributed by atoms with Crippen LogP contribution < -0.4 is 10.1 Å². The van der Waals surface area contributed by atoms with E-state index in [1.54, 1.807) is 11.8 Å². The monoisotopic (exact) mass is 457 g/mol. The van der Waals surface area contributed by atoms with Crippen molar-refractivity contribution >= 4 is 50.8 Å². The molecule has 0 bridgehead atoms. The van der Waals surface area contributed by atoms with Crippen LogP contribution in [0.5, 0.6) is 0 Å². The zero-order valence-electron chi connectivity index (χ0n) is 18.0. The van der Waals surface area contributed by atoms with Crippen molar-refractivity contribution in [1.82, 2.24) is 4.57 Å². The average Bonchev–Trinajstić information content (AvgIpc) is 3.05. The second-order valence-electron chi connectivity index (χ2n) is 6.86. The summed E-state index contributed by atoms with van der Waals surface area (Å²) in [4.78, 5) is 30.3. The maximum Gasteiger partial charge on any atom is 0.252 e. The van der Waals surface area contributed by atoms with Crippen LogP contribution in [-0.2, 0) is 27.3 Å². The lowest BCUT2D eigenvalue weighted by atomic mass is 10.1. The third kappa shape index (κ3) is 6.53. The number of nitrogens with zero attached hydrogens (tertiary/aromatic N) is 2. The highest BCUT2D eigenvalue weighted by Crippen LogP contribution is 2.22. The highest BCUT2D eigenvalue weighted by molar-refractivity contribution is 7.99. The zero-order valence-corrected chi connectivity index (χ0v) is 19.6. The van der Waals surface area contributed by atoms with Crippen molar-refractivity contribution in [1.29, 1.82) is 0 Å². The molecule has 0 radical (unpaired) electrons. The van der Waals surface area contributed by atoms with E-state index in [0.29, 0.717) is 24.6 Å². The van der Waals surface area contributed by atoms with Gasteiger partial charge < -0.3 is 14.6 Å². The number of thioether (sulfide) groups is 1. The number of hydrogen-bond donors (Lipinski definition) is 1. The summed E-state index contributed by atoms with van der Waals surface area (Å²) in [6, 6.07) is 13.8. The molecule has 31 heavy (non-hydrogen) atoms. The van der Waals surface area contributed by atoms with Crippen molar-refractivity contribution in [3.8, 4) is 0 Å². The van der Waals surface area contributed by atoms with Gasteiger partial charge in [-0.1, -0.05) is 30.4 Å². The quantitative estimate of drug-likeness (QED) is 0.380. The minimum Gasteiger partial charge on any atom is -0.380 e. The van der Waals surface area contributed by atoms with E-state index in [-0.39, 0.29) is 18.2 Å². The Morgan fingerprint density at radius 1 is 1.16 bits per heavy atom. The third-order valence-corrected chi connectivity index (χ3v) is 6.41. The fourth-order valence-electron chi connectivity index (χ4n) is 3.15. The number of anilines is 1. The molecule has 0 atom stereocenters. The Kier molecular flexibility index (Phi) is 8.45. The van der Waals surface area contributed by atoms with Gasteiger partial charge in [-0.25, -0.2) is 0 Å². The van der Waals surface area contributed by atoms with Crippen LogP contribution in [0.2, 0.25) is 0 Å². The first kappa shape index (κ1) is 23.2. The van der Waals surface area contributed by atoms with Crippen LogP contribution in [-0.4, -0.2) is 35.3 Å². The topological polar surface area (TPSA) is 72.7 Å². The number of aromatic nitrogens is 1. The number of benzene rings is 2. The molecule has 0 unspecified atom stereocenters. The first-order valence-electron chi connectivity index (χ1n) is 10.3. The van der Waals surface area contributed by atoms with E-state index in [1.165, 1.54) is 23.2 Å². The highest BCUT2D eigenvalue weighted by Gasteiger charge is 2.10. The van der Waals surface area contributed by atoms with Gasteiger partial charge >= 0.3 is 0 Å². The van der Waals surface area contributed by atoms with Crippen molar-refractivity contribution < 1.29 is 14.3 Å². The molecule has 3 rings (SSSR count). The molecule has 0 spiro atoms. The number of amides is 2. The lowest BCUT2D eigenvalue weighted by Crippen LogP contribution is -2.20. The SMILES string of the molecule is CCOCCn1c(=NC(=O)Cc2ccc(SCC)cc2)sc2cc(NC(C)=O)ccc21. The predicted molar refractivity (Wildman–Crippen MR) is 128 cm³/mol. The second kappa shape index (κ2) is 11.3. The van der Waals surface area contributed by atoms with E-state index in [2.05, 4.69) is 17.2 Å². The third-order valence-electron chi connectivity index (χ3n) is 4.48. The van der Waals surface area contributed by atoms with Gasteiger partial charge in [0, 0.05) is 30.7 Å². The Bertz CT molecular complexity index is 1120. The number of nitrogens with one attached hydrogen (secondary N) is 1. The van der Waals surface area contributed by atoms with E-state index >= 15 is 0 Å². The molecule has 0 aliphatic rings. The number of rotatable bonds is 9. The molecule has 6 nitrogen and oxygen atoms in total. The molecule has 2 amide bonds. The molecule has 0 fully saturated rings. The maximum atomic E-state index is 12.7. The number of ether oxygens (including phenoxy) is 1. The fourth-order valence-corrected chi connectivity index (χ4v) is 4.92. The summed E-state index contributed by atoms with van der Waals surface area (Å²) >= 11 is 3.21. The van der Waals surface area contributed by atoms with Crippen LogP contribution in [0.4, 0.5) is 5.69 Å². The largest absolute Gasteiger partial charge is 0.380 e. The van der Waals surface area contributed by atoms with Gasteiger partial charge in [0.05, 0.1) is 23.2 Å². The van der Waals surface area contributed by atoms with E-state index in [0.717, 1.165) is 27.2 Å². The normalized spacial score (nSPS) is 11.8. The first-order valence-corrected chi connectivity index (χ1v) is 12.1. The summed E-state index contributed by atoms with van der Waals surface area (Å²) < 4.78 is 8.48. The van der Waals surface area contributed by atoms with E-state index < -0.39 is 0 Å².